The molecule has 1 atom stereocenters. The van der Waals surface area contributed by atoms with E-state index in [4.69, 9.17) is 4.74 Å². The Hall–Kier alpha value is -0.810. The van der Waals surface area contributed by atoms with Gasteiger partial charge in [-0.15, -0.1) is 0 Å². The van der Waals surface area contributed by atoms with E-state index in [1.165, 1.54) is 12.8 Å². The van der Waals surface area contributed by atoms with Gasteiger partial charge < -0.3 is 20.5 Å². The molecule has 0 heterocycles. The first-order valence-corrected chi connectivity index (χ1v) is 6.30. The predicted molar refractivity (Wildman–Crippen MR) is 65.9 cm³/mol. The average Bonchev–Trinajstić information content (AvgIpc) is 3.07. The number of urea groups is 1. The highest BCUT2D eigenvalue weighted by atomic mass is 16.5. The molecule has 1 aliphatic carbocycles. The molecule has 1 rings (SSSR count). The Morgan fingerprint density at radius 3 is 2.71 bits per heavy atom. The SMILES string of the molecule is CCC1(CNC(=O)NCCC(O)COC)CC1. The smallest absolute Gasteiger partial charge is 0.314 e. The lowest BCUT2D eigenvalue weighted by molar-refractivity contribution is 0.0598. The van der Waals surface area contributed by atoms with Crippen LogP contribution in [0.3, 0.4) is 0 Å². The van der Waals surface area contributed by atoms with Crippen LogP contribution in [-0.2, 0) is 4.74 Å². The van der Waals surface area contributed by atoms with Gasteiger partial charge in [-0.2, -0.15) is 0 Å². The minimum absolute atomic E-state index is 0.144. The number of aliphatic hydroxyl groups excluding tert-OH is 1. The van der Waals surface area contributed by atoms with Gasteiger partial charge in [0.2, 0.25) is 0 Å². The molecule has 5 nitrogen and oxygen atoms in total. The van der Waals surface area contributed by atoms with Crippen LogP contribution < -0.4 is 10.6 Å². The quantitative estimate of drug-likeness (QED) is 0.593. The predicted octanol–water partition coefficient (Wildman–Crippen LogP) is 0.873. The van der Waals surface area contributed by atoms with Crippen LogP contribution in [0.15, 0.2) is 0 Å². The van der Waals surface area contributed by atoms with Crippen LogP contribution in [0.1, 0.15) is 32.6 Å². The minimum Gasteiger partial charge on any atom is -0.391 e. The molecule has 3 N–H and O–H groups in total. The highest BCUT2D eigenvalue weighted by Crippen LogP contribution is 2.47. The second kappa shape index (κ2) is 6.81. The number of methoxy groups -OCH3 is 1. The summed E-state index contributed by atoms with van der Waals surface area (Å²) in [6, 6.07) is -0.144. The van der Waals surface area contributed by atoms with Gasteiger partial charge in [0, 0.05) is 20.2 Å². The van der Waals surface area contributed by atoms with Gasteiger partial charge in [0.15, 0.2) is 0 Å². The van der Waals surface area contributed by atoms with Crippen LogP contribution >= 0.6 is 0 Å². The van der Waals surface area contributed by atoms with Gasteiger partial charge in [-0.1, -0.05) is 6.92 Å². The van der Waals surface area contributed by atoms with Crippen LogP contribution in [0.4, 0.5) is 4.79 Å². The maximum Gasteiger partial charge on any atom is 0.314 e. The zero-order chi connectivity index (χ0) is 12.7. The average molecular weight is 244 g/mol. The lowest BCUT2D eigenvalue weighted by atomic mass is 10.0. The van der Waals surface area contributed by atoms with E-state index in [1.807, 2.05) is 0 Å². The number of hydrogen-bond donors (Lipinski definition) is 3. The van der Waals surface area contributed by atoms with Crippen molar-refractivity contribution in [2.45, 2.75) is 38.7 Å². The molecule has 1 unspecified atom stereocenters. The number of carbonyl (C=O) groups is 1. The van der Waals surface area contributed by atoms with Crippen LogP contribution in [0.5, 0.6) is 0 Å². The molecular formula is C12H24N2O3. The molecule has 1 saturated carbocycles. The monoisotopic (exact) mass is 244 g/mol. The van der Waals surface area contributed by atoms with Crippen LogP contribution in [0.25, 0.3) is 0 Å². The molecule has 1 fully saturated rings. The third-order valence-electron chi connectivity index (χ3n) is 3.45. The fraction of sp³-hybridized carbons (Fsp3) is 0.917. The van der Waals surface area contributed by atoms with E-state index in [9.17, 15) is 9.90 Å². The molecular weight excluding hydrogens is 220 g/mol. The Balaban J connectivity index is 2.01. The van der Waals surface area contributed by atoms with E-state index in [-0.39, 0.29) is 6.03 Å². The molecule has 5 heteroatoms. The van der Waals surface area contributed by atoms with E-state index < -0.39 is 6.10 Å². The van der Waals surface area contributed by atoms with Crippen molar-refractivity contribution in [3.05, 3.63) is 0 Å². The Morgan fingerprint density at radius 2 is 2.18 bits per heavy atom. The van der Waals surface area contributed by atoms with Crippen LogP contribution in [0, 0.1) is 5.41 Å². The largest absolute Gasteiger partial charge is 0.391 e. The van der Waals surface area contributed by atoms with Gasteiger partial charge in [0.1, 0.15) is 0 Å². The standard InChI is InChI=1S/C12H24N2O3/c1-3-12(5-6-12)9-14-11(16)13-7-4-10(15)8-17-2/h10,15H,3-9H2,1-2H3,(H2,13,14,16). The lowest BCUT2D eigenvalue weighted by Gasteiger charge is -2.14. The first kappa shape index (κ1) is 14.3. The summed E-state index contributed by atoms with van der Waals surface area (Å²) in [7, 11) is 1.54. The molecule has 100 valence electrons. The van der Waals surface area contributed by atoms with Gasteiger partial charge in [-0.3, -0.25) is 0 Å². The van der Waals surface area contributed by atoms with Gasteiger partial charge in [0.05, 0.1) is 12.7 Å². The summed E-state index contributed by atoms with van der Waals surface area (Å²) in [4.78, 5) is 11.4. The number of rotatable bonds is 8. The van der Waals surface area contributed by atoms with Crippen molar-refractivity contribution in [1.82, 2.24) is 10.6 Å². The minimum atomic E-state index is -0.509. The normalized spacial score (nSPS) is 18.5. The first-order valence-electron chi connectivity index (χ1n) is 6.30. The van der Waals surface area contributed by atoms with Crippen molar-refractivity contribution in [1.29, 1.82) is 0 Å². The maximum atomic E-state index is 11.4. The van der Waals surface area contributed by atoms with Gasteiger partial charge >= 0.3 is 6.03 Å². The summed E-state index contributed by atoms with van der Waals surface area (Å²) in [6.45, 7) is 3.70. The van der Waals surface area contributed by atoms with Crippen molar-refractivity contribution in [3.63, 3.8) is 0 Å². The van der Waals surface area contributed by atoms with Crippen molar-refractivity contribution < 1.29 is 14.6 Å². The molecule has 0 aromatic heterocycles. The summed E-state index contributed by atoms with van der Waals surface area (Å²) >= 11 is 0. The fourth-order valence-corrected chi connectivity index (χ4v) is 1.79. The molecule has 17 heavy (non-hydrogen) atoms. The molecule has 0 saturated heterocycles. The summed E-state index contributed by atoms with van der Waals surface area (Å²) in [5, 5.41) is 15.0. The van der Waals surface area contributed by atoms with Gasteiger partial charge in [-0.25, -0.2) is 4.79 Å². The number of aliphatic hydroxyl groups is 1. The highest BCUT2D eigenvalue weighted by molar-refractivity contribution is 5.73. The number of ether oxygens (including phenoxy) is 1. The van der Waals surface area contributed by atoms with Crippen LogP contribution in [-0.4, -0.2) is 44.0 Å². The molecule has 0 radical (unpaired) electrons. The number of amides is 2. The van der Waals surface area contributed by atoms with E-state index in [0.717, 1.165) is 13.0 Å². The summed E-state index contributed by atoms with van der Waals surface area (Å²) in [5.74, 6) is 0. The fourth-order valence-electron chi connectivity index (χ4n) is 1.79. The van der Waals surface area contributed by atoms with Crippen molar-refractivity contribution >= 4 is 6.03 Å². The summed E-state index contributed by atoms with van der Waals surface area (Å²) in [6.07, 6.45) is 3.57. The van der Waals surface area contributed by atoms with Crippen molar-refractivity contribution in [3.8, 4) is 0 Å². The highest BCUT2D eigenvalue weighted by Gasteiger charge is 2.40. The maximum absolute atomic E-state index is 11.4. The number of hydrogen-bond acceptors (Lipinski definition) is 3. The summed E-state index contributed by atoms with van der Waals surface area (Å²) in [5.41, 5.74) is 0.368. The third kappa shape index (κ3) is 5.37. The number of carbonyl (C=O) groups excluding carboxylic acids is 1. The first-order chi connectivity index (χ1) is 8.12. The molecule has 0 bridgehead atoms. The second-order valence-corrected chi connectivity index (χ2v) is 4.86. The van der Waals surface area contributed by atoms with Gasteiger partial charge in [0.25, 0.3) is 0 Å². The third-order valence-corrected chi connectivity index (χ3v) is 3.45. The lowest BCUT2D eigenvalue weighted by Crippen LogP contribution is -2.40. The Bertz CT molecular complexity index is 242. The van der Waals surface area contributed by atoms with E-state index in [0.29, 0.717) is 25.0 Å². The van der Waals surface area contributed by atoms with Crippen molar-refractivity contribution in [2.24, 2.45) is 5.41 Å². The molecule has 0 aromatic carbocycles. The molecule has 1 aliphatic rings. The molecule has 2 amide bonds. The zero-order valence-electron chi connectivity index (χ0n) is 10.8. The van der Waals surface area contributed by atoms with E-state index in [1.54, 1.807) is 7.11 Å². The molecule has 0 aromatic rings. The van der Waals surface area contributed by atoms with Gasteiger partial charge in [-0.05, 0) is 31.1 Å². The second-order valence-electron chi connectivity index (χ2n) is 4.86. The van der Waals surface area contributed by atoms with Crippen molar-refractivity contribution in [2.75, 3.05) is 26.8 Å². The molecule has 0 aliphatic heterocycles. The Labute approximate surface area is 103 Å². The summed E-state index contributed by atoms with van der Waals surface area (Å²) < 4.78 is 4.80. The zero-order valence-corrected chi connectivity index (χ0v) is 10.8. The van der Waals surface area contributed by atoms with Crippen LogP contribution in [0.2, 0.25) is 0 Å². The Kier molecular flexibility index (Phi) is 5.71. The molecule has 0 spiro atoms. The number of nitrogens with one attached hydrogen (secondary N) is 2. The van der Waals surface area contributed by atoms with E-state index >= 15 is 0 Å². The Morgan fingerprint density at radius 1 is 1.47 bits per heavy atom. The van der Waals surface area contributed by atoms with E-state index in [2.05, 4.69) is 17.6 Å². The topological polar surface area (TPSA) is 70.6 Å².